The maximum absolute atomic E-state index is 12.2. The Morgan fingerprint density at radius 3 is 2.58 bits per heavy atom. The van der Waals surface area contributed by atoms with Crippen molar-refractivity contribution in [2.45, 2.75) is 37.3 Å². The second-order valence-corrected chi connectivity index (χ2v) is 15.6. The number of rotatable bonds is 8. The first kappa shape index (κ1) is 21.5. The molecule has 0 spiro atoms. The topological polar surface area (TPSA) is 73.6 Å². The molecular formula is C16H21ClIN3O3SSi. The Bertz CT molecular complexity index is 877. The normalized spacial score (nSPS) is 12.8. The summed E-state index contributed by atoms with van der Waals surface area (Å²) in [5.74, 6) is 0. The van der Waals surface area contributed by atoms with Gasteiger partial charge < -0.3 is 4.74 Å². The molecule has 0 radical (unpaired) electrons. The van der Waals surface area contributed by atoms with Crippen LogP contribution in [0, 0.1) is 3.70 Å². The third-order valence-corrected chi connectivity index (χ3v) is 7.45. The zero-order valence-corrected chi connectivity index (χ0v) is 19.5. The largest absolute Gasteiger partial charge is 0.360 e. The van der Waals surface area contributed by atoms with Crippen LogP contribution in [0.2, 0.25) is 30.7 Å². The van der Waals surface area contributed by atoms with E-state index in [1.54, 1.807) is 10.9 Å². The average molecular weight is 526 g/mol. The number of hydrogen-bond acceptors (Lipinski definition) is 4. The Balaban J connectivity index is 2.02. The summed E-state index contributed by atoms with van der Waals surface area (Å²) in [6.45, 7) is 7.91. The number of sulfonamides is 1. The fourth-order valence-electron chi connectivity index (χ4n) is 1.90. The summed E-state index contributed by atoms with van der Waals surface area (Å²) in [7, 11) is -4.90. The third kappa shape index (κ3) is 6.76. The molecule has 0 atom stereocenters. The predicted octanol–water partition coefficient (Wildman–Crippen LogP) is 4.26. The molecule has 0 saturated heterocycles. The molecule has 1 aromatic carbocycles. The standard InChI is InChI=1S/C16H21ClIN3O3SSi/c1-26(2,3)9-8-24-12-21-11-13(16(18)20-21)10-19-25(22,23)15-6-4-14(17)5-7-15/h4-7,10-11H,8-9,12H2,1-3H3. The molecule has 26 heavy (non-hydrogen) atoms. The van der Waals surface area contributed by atoms with Crippen LogP contribution in [-0.4, -0.2) is 39.1 Å². The summed E-state index contributed by atoms with van der Waals surface area (Å²) in [4.78, 5) is 0.0928. The Morgan fingerprint density at radius 2 is 1.96 bits per heavy atom. The SMILES string of the molecule is C[Si](C)(C)CCOCn1cc(C=NS(=O)(=O)c2ccc(Cl)cc2)c(I)n1. The average Bonchev–Trinajstić information content (AvgIpc) is 2.89. The monoisotopic (exact) mass is 525 g/mol. The molecule has 0 unspecified atom stereocenters. The molecule has 1 aromatic heterocycles. The molecule has 0 saturated carbocycles. The van der Waals surface area contributed by atoms with E-state index < -0.39 is 18.1 Å². The van der Waals surface area contributed by atoms with E-state index in [2.05, 4.69) is 29.1 Å². The summed E-state index contributed by atoms with van der Waals surface area (Å²) < 4.78 is 36.2. The molecule has 142 valence electrons. The van der Waals surface area contributed by atoms with Crippen molar-refractivity contribution in [3.05, 3.63) is 44.7 Å². The minimum absolute atomic E-state index is 0.0928. The highest BCUT2D eigenvalue weighted by Crippen LogP contribution is 2.17. The zero-order chi connectivity index (χ0) is 19.4. The number of ether oxygens (including phenoxy) is 1. The molecule has 6 nitrogen and oxygen atoms in total. The number of hydrogen-bond donors (Lipinski definition) is 0. The number of nitrogens with zero attached hydrogens (tertiary/aromatic N) is 3. The van der Waals surface area contributed by atoms with E-state index in [-0.39, 0.29) is 4.90 Å². The fourth-order valence-corrected chi connectivity index (χ4v) is 4.19. The highest BCUT2D eigenvalue weighted by molar-refractivity contribution is 14.1. The summed E-state index contributed by atoms with van der Waals surface area (Å²) in [5.41, 5.74) is 0.622. The highest BCUT2D eigenvalue weighted by Gasteiger charge is 2.14. The summed E-state index contributed by atoms with van der Waals surface area (Å²) in [6, 6.07) is 6.97. The molecule has 0 aliphatic heterocycles. The number of aromatic nitrogens is 2. The lowest BCUT2D eigenvalue weighted by Gasteiger charge is -2.15. The van der Waals surface area contributed by atoms with Crippen LogP contribution >= 0.6 is 34.2 Å². The van der Waals surface area contributed by atoms with Gasteiger partial charge in [-0.05, 0) is 52.9 Å². The Labute approximate surface area is 173 Å². The van der Waals surface area contributed by atoms with Crippen molar-refractivity contribution >= 4 is 58.5 Å². The van der Waals surface area contributed by atoms with Gasteiger partial charge in [-0.2, -0.15) is 17.9 Å². The van der Waals surface area contributed by atoms with E-state index in [1.165, 1.54) is 30.5 Å². The van der Waals surface area contributed by atoms with Crippen LogP contribution in [-0.2, 0) is 21.5 Å². The van der Waals surface area contributed by atoms with E-state index in [4.69, 9.17) is 16.3 Å². The van der Waals surface area contributed by atoms with E-state index in [1.807, 2.05) is 22.6 Å². The summed E-state index contributed by atoms with van der Waals surface area (Å²) in [6.07, 6.45) is 3.02. The molecule has 0 bridgehead atoms. The first-order valence-electron chi connectivity index (χ1n) is 7.93. The maximum Gasteiger partial charge on any atom is 0.282 e. The van der Waals surface area contributed by atoms with Crippen molar-refractivity contribution in [3.8, 4) is 0 Å². The van der Waals surface area contributed by atoms with Crippen LogP contribution in [0.5, 0.6) is 0 Å². The summed E-state index contributed by atoms with van der Waals surface area (Å²) >= 11 is 7.82. The minimum Gasteiger partial charge on any atom is -0.360 e. The molecule has 2 aromatic rings. The van der Waals surface area contributed by atoms with E-state index in [0.717, 1.165) is 6.04 Å². The van der Waals surface area contributed by atoms with Gasteiger partial charge in [-0.1, -0.05) is 31.2 Å². The predicted molar refractivity (Wildman–Crippen MR) is 115 cm³/mol. The second kappa shape index (κ2) is 8.96. The van der Waals surface area contributed by atoms with Crippen molar-refractivity contribution < 1.29 is 13.2 Å². The summed E-state index contributed by atoms with van der Waals surface area (Å²) in [5, 5.41) is 4.79. The molecule has 0 aliphatic carbocycles. The van der Waals surface area contributed by atoms with Crippen LogP contribution in [0.15, 0.2) is 39.8 Å². The van der Waals surface area contributed by atoms with Crippen LogP contribution in [0.25, 0.3) is 0 Å². The van der Waals surface area contributed by atoms with Crippen molar-refractivity contribution in [1.29, 1.82) is 0 Å². The van der Waals surface area contributed by atoms with Gasteiger partial charge in [-0.3, -0.25) is 0 Å². The zero-order valence-electron chi connectivity index (χ0n) is 14.8. The van der Waals surface area contributed by atoms with Crippen molar-refractivity contribution in [2.75, 3.05) is 6.61 Å². The Hall–Kier alpha value is -0.753. The maximum atomic E-state index is 12.2. The van der Waals surface area contributed by atoms with Gasteiger partial charge in [0.25, 0.3) is 10.0 Å². The quantitative estimate of drug-likeness (QED) is 0.223. The van der Waals surface area contributed by atoms with Crippen LogP contribution < -0.4 is 0 Å². The minimum atomic E-state index is -3.78. The van der Waals surface area contributed by atoms with Crippen LogP contribution in [0.4, 0.5) is 0 Å². The van der Waals surface area contributed by atoms with Gasteiger partial charge in [0.05, 0.1) is 11.1 Å². The first-order chi connectivity index (χ1) is 12.1. The lowest BCUT2D eigenvalue weighted by atomic mass is 10.4. The molecule has 10 heteroatoms. The lowest BCUT2D eigenvalue weighted by molar-refractivity contribution is 0.0783. The van der Waals surface area contributed by atoms with Gasteiger partial charge in [0, 0.05) is 31.5 Å². The molecule has 2 rings (SSSR count). The van der Waals surface area contributed by atoms with Gasteiger partial charge in [0.15, 0.2) is 0 Å². The van der Waals surface area contributed by atoms with Gasteiger partial charge in [-0.25, -0.2) is 4.68 Å². The Morgan fingerprint density at radius 1 is 1.31 bits per heavy atom. The fraction of sp³-hybridized carbons (Fsp3) is 0.375. The van der Waals surface area contributed by atoms with Gasteiger partial charge in [0.2, 0.25) is 0 Å². The smallest absolute Gasteiger partial charge is 0.282 e. The number of halogens is 2. The number of benzene rings is 1. The molecule has 0 aliphatic rings. The van der Waals surface area contributed by atoms with Gasteiger partial charge in [0.1, 0.15) is 10.4 Å². The van der Waals surface area contributed by atoms with Gasteiger partial charge >= 0.3 is 0 Å². The van der Waals surface area contributed by atoms with Crippen molar-refractivity contribution in [2.24, 2.45) is 4.40 Å². The van der Waals surface area contributed by atoms with Crippen molar-refractivity contribution in [1.82, 2.24) is 9.78 Å². The molecule has 0 N–H and O–H groups in total. The highest BCUT2D eigenvalue weighted by atomic mass is 127. The molecule has 0 amide bonds. The van der Waals surface area contributed by atoms with E-state index in [9.17, 15) is 8.42 Å². The van der Waals surface area contributed by atoms with E-state index >= 15 is 0 Å². The third-order valence-electron chi connectivity index (χ3n) is 3.40. The second-order valence-electron chi connectivity index (χ2n) is 6.93. The molecule has 0 fully saturated rings. The first-order valence-corrected chi connectivity index (χ1v) is 14.5. The molecule has 1 heterocycles. The lowest BCUT2D eigenvalue weighted by Crippen LogP contribution is -2.22. The van der Waals surface area contributed by atoms with E-state index in [0.29, 0.717) is 27.6 Å². The molecular weight excluding hydrogens is 505 g/mol. The Kier molecular flexibility index (Phi) is 7.42. The van der Waals surface area contributed by atoms with Crippen molar-refractivity contribution in [3.63, 3.8) is 0 Å². The van der Waals surface area contributed by atoms with Crippen LogP contribution in [0.3, 0.4) is 0 Å². The van der Waals surface area contributed by atoms with Crippen LogP contribution in [0.1, 0.15) is 5.56 Å². The van der Waals surface area contributed by atoms with Gasteiger partial charge in [-0.15, -0.1) is 0 Å².